The van der Waals surface area contributed by atoms with Crippen molar-refractivity contribution < 1.29 is 4.42 Å². The third-order valence-corrected chi connectivity index (χ3v) is 3.79. The first-order valence-electron chi connectivity index (χ1n) is 7.03. The Morgan fingerprint density at radius 1 is 1.05 bits per heavy atom. The van der Waals surface area contributed by atoms with Crippen molar-refractivity contribution in [2.24, 2.45) is 5.73 Å². The molecule has 3 N–H and O–H groups in total. The Morgan fingerprint density at radius 3 is 2.38 bits per heavy atom. The van der Waals surface area contributed by atoms with Crippen LogP contribution in [0.2, 0.25) is 0 Å². The van der Waals surface area contributed by atoms with Crippen molar-refractivity contribution in [2.45, 2.75) is 25.8 Å². The SMILES string of the molecule is CC(C)c1ccc(C(N)c2cccc3oc(=O)[nH]c23)cc1. The maximum Gasteiger partial charge on any atom is 0.417 e. The molecule has 0 saturated carbocycles. The number of rotatable bonds is 3. The number of nitrogens with one attached hydrogen (secondary N) is 1. The second kappa shape index (κ2) is 5.22. The molecule has 0 radical (unpaired) electrons. The van der Waals surface area contributed by atoms with Crippen molar-refractivity contribution in [2.75, 3.05) is 0 Å². The molecule has 0 fully saturated rings. The number of aromatic amines is 1. The minimum Gasteiger partial charge on any atom is -0.408 e. The third kappa shape index (κ3) is 2.50. The van der Waals surface area contributed by atoms with Gasteiger partial charge in [-0.2, -0.15) is 0 Å². The Bertz CT molecular complexity index is 813. The van der Waals surface area contributed by atoms with E-state index >= 15 is 0 Å². The molecule has 1 unspecified atom stereocenters. The zero-order valence-electron chi connectivity index (χ0n) is 12.1. The van der Waals surface area contributed by atoms with E-state index in [-0.39, 0.29) is 6.04 Å². The minimum atomic E-state index is -0.459. The molecule has 0 amide bonds. The van der Waals surface area contributed by atoms with Gasteiger partial charge in [-0.25, -0.2) is 4.79 Å². The van der Waals surface area contributed by atoms with Crippen LogP contribution < -0.4 is 11.5 Å². The monoisotopic (exact) mass is 282 g/mol. The summed E-state index contributed by atoms with van der Waals surface area (Å²) in [4.78, 5) is 14.1. The summed E-state index contributed by atoms with van der Waals surface area (Å²) in [6, 6.07) is 13.5. The lowest BCUT2D eigenvalue weighted by atomic mass is 9.95. The highest BCUT2D eigenvalue weighted by Crippen LogP contribution is 2.26. The van der Waals surface area contributed by atoms with E-state index in [4.69, 9.17) is 10.2 Å². The number of oxazole rings is 1. The van der Waals surface area contributed by atoms with Crippen LogP contribution in [0.5, 0.6) is 0 Å². The van der Waals surface area contributed by atoms with Crippen LogP contribution in [-0.2, 0) is 0 Å². The van der Waals surface area contributed by atoms with Crippen LogP contribution in [0.3, 0.4) is 0 Å². The molecule has 1 heterocycles. The number of nitrogens with two attached hydrogens (primary N) is 1. The molecule has 1 atom stereocenters. The van der Waals surface area contributed by atoms with Gasteiger partial charge in [0.05, 0.1) is 11.6 Å². The highest BCUT2D eigenvalue weighted by atomic mass is 16.4. The van der Waals surface area contributed by atoms with Crippen LogP contribution in [-0.4, -0.2) is 4.98 Å². The molecule has 3 aromatic rings. The standard InChI is InChI=1S/C17H18N2O2/c1-10(2)11-6-8-12(9-7-11)15(18)13-4-3-5-14-16(13)19-17(20)21-14/h3-10,15H,18H2,1-2H3,(H,19,20). The van der Waals surface area contributed by atoms with Crippen molar-refractivity contribution in [1.82, 2.24) is 4.98 Å². The van der Waals surface area contributed by atoms with Crippen molar-refractivity contribution in [3.8, 4) is 0 Å². The van der Waals surface area contributed by atoms with Crippen LogP contribution in [0.25, 0.3) is 11.1 Å². The van der Waals surface area contributed by atoms with Gasteiger partial charge >= 0.3 is 5.76 Å². The molecule has 0 aliphatic heterocycles. The molecule has 0 aliphatic carbocycles. The van der Waals surface area contributed by atoms with Crippen LogP contribution in [0.15, 0.2) is 51.7 Å². The van der Waals surface area contributed by atoms with Crippen molar-refractivity contribution >= 4 is 11.1 Å². The molecule has 21 heavy (non-hydrogen) atoms. The van der Waals surface area contributed by atoms with E-state index in [0.717, 1.165) is 11.1 Å². The molecule has 3 rings (SSSR count). The van der Waals surface area contributed by atoms with E-state index in [1.54, 1.807) is 6.07 Å². The van der Waals surface area contributed by atoms with E-state index in [0.29, 0.717) is 17.0 Å². The van der Waals surface area contributed by atoms with E-state index in [1.807, 2.05) is 24.3 Å². The van der Waals surface area contributed by atoms with Gasteiger partial charge in [0.2, 0.25) is 0 Å². The Balaban J connectivity index is 2.03. The maximum absolute atomic E-state index is 11.4. The fourth-order valence-electron chi connectivity index (χ4n) is 2.52. The molecule has 0 aliphatic rings. The van der Waals surface area contributed by atoms with Crippen molar-refractivity contribution in [1.29, 1.82) is 0 Å². The van der Waals surface area contributed by atoms with Crippen molar-refractivity contribution in [3.63, 3.8) is 0 Å². The molecule has 2 aromatic carbocycles. The summed E-state index contributed by atoms with van der Waals surface area (Å²) in [5.74, 6) is 0.0312. The number of aromatic nitrogens is 1. The fourth-order valence-corrected chi connectivity index (χ4v) is 2.52. The van der Waals surface area contributed by atoms with Gasteiger partial charge in [0.1, 0.15) is 0 Å². The second-order valence-corrected chi connectivity index (χ2v) is 5.53. The predicted molar refractivity (Wildman–Crippen MR) is 83.4 cm³/mol. The number of para-hydroxylation sites is 1. The molecule has 4 nitrogen and oxygen atoms in total. The molecular weight excluding hydrogens is 264 g/mol. The fraction of sp³-hybridized carbons (Fsp3) is 0.235. The molecular formula is C17H18N2O2. The Morgan fingerprint density at radius 2 is 1.71 bits per heavy atom. The topological polar surface area (TPSA) is 72.0 Å². The number of benzene rings is 2. The maximum atomic E-state index is 11.4. The summed E-state index contributed by atoms with van der Waals surface area (Å²) in [6.45, 7) is 4.32. The number of hydrogen-bond donors (Lipinski definition) is 2. The first-order valence-corrected chi connectivity index (χ1v) is 7.03. The van der Waals surface area contributed by atoms with E-state index < -0.39 is 5.76 Å². The van der Waals surface area contributed by atoms with Gasteiger partial charge < -0.3 is 10.2 Å². The van der Waals surface area contributed by atoms with Crippen LogP contribution in [0.4, 0.5) is 0 Å². The molecule has 0 saturated heterocycles. The number of fused-ring (bicyclic) bond motifs is 1. The van der Waals surface area contributed by atoms with Gasteiger partial charge in [0, 0.05) is 5.56 Å². The van der Waals surface area contributed by atoms with Crippen LogP contribution in [0.1, 0.15) is 42.5 Å². The Hall–Kier alpha value is -2.33. The lowest BCUT2D eigenvalue weighted by Crippen LogP contribution is -2.12. The van der Waals surface area contributed by atoms with Gasteiger partial charge in [-0.15, -0.1) is 0 Å². The minimum absolute atomic E-state index is 0.303. The van der Waals surface area contributed by atoms with Crippen LogP contribution >= 0.6 is 0 Å². The second-order valence-electron chi connectivity index (χ2n) is 5.53. The highest BCUT2D eigenvalue weighted by Gasteiger charge is 2.15. The first kappa shape index (κ1) is 13.6. The zero-order chi connectivity index (χ0) is 15.0. The molecule has 4 heteroatoms. The lowest BCUT2D eigenvalue weighted by molar-refractivity contribution is 0.555. The van der Waals surface area contributed by atoms with Crippen molar-refractivity contribution in [3.05, 3.63) is 69.7 Å². The number of H-pyrrole nitrogens is 1. The van der Waals surface area contributed by atoms with E-state index in [9.17, 15) is 4.79 Å². The van der Waals surface area contributed by atoms with Crippen LogP contribution in [0, 0.1) is 0 Å². The van der Waals surface area contributed by atoms with E-state index in [2.05, 4.69) is 31.0 Å². The average molecular weight is 282 g/mol. The molecule has 1 aromatic heterocycles. The van der Waals surface area contributed by atoms with Gasteiger partial charge in [-0.3, -0.25) is 4.98 Å². The molecule has 0 bridgehead atoms. The van der Waals surface area contributed by atoms with Gasteiger partial charge in [-0.1, -0.05) is 50.2 Å². The normalized spacial score (nSPS) is 13.0. The summed E-state index contributed by atoms with van der Waals surface area (Å²) >= 11 is 0. The zero-order valence-corrected chi connectivity index (χ0v) is 12.1. The summed E-state index contributed by atoms with van der Waals surface area (Å²) in [7, 11) is 0. The summed E-state index contributed by atoms with van der Waals surface area (Å²) < 4.78 is 5.08. The highest BCUT2D eigenvalue weighted by molar-refractivity contribution is 5.77. The third-order valence-electron chi connectivity index (χ3n) is 3.79. The summed E-state index contributed by atoms with van der Waals surface area (Å²) in [5, 5.41) is 0. The predicted octanol–water partition coefficient (Wildman–Crippen LogP) is 3.29. The average Bonchev–Trinajstić information content (AvgIpc) is 2.86. The first-order chi connectivity index (χ1) is 10.1. The lowest BCUT2D eigenvalue weighted by Gasteiger charge is -2.14. The largest absolute Gasteiger partial charge is 0.417 e. The van der Waals surface area contributed by atoms with Gasteiger partial charge in [-0.05, 0) is 23.1 Å². The number of hydrogen-bond acceptors (Lipinski definition) is 3. The van der Waals surface area contributed by atoms with Gasteiger partial charge in [0.15, 0.2) is 5.58 Å². The van der Waals surface area contributed by atoms with Gasteiger partial charge in [0.25, 0.3) is 0 Å². The van der Waals surface area contributed by atoms with E-state index in [1.165, 1.54) is 5.56 Å². The Kier molecular flexibility index (Phi) is 3.39. The quantitative estimate of drug-likeness (QED) is 0.774. The smallest absolute Gasteiger partial charge is 0.408 e. The summed E-state index contributed by atoms with van der Waals surface area (Å²) in [5.41, 5.74) is 10.7. The molecule has 108 valence electrons. The molecule has 0 spiro atoms. The summed E-state index contributed by atoms with van der Waals surface area (Å²) in [6.07, 6.45) is 0. The Labute approximate surface area is 122 Å².